The summed E-state index contributed by atoms with van der Waals surface area (Å²) in [5.74, 6) is -1.30. The van der Waals surface area contributed by atoms with Crippen LogP contribution in [0.5, 0.6) is 0 Å². The van der Waals surface area contributed by atoms with E-state index in [9.17, 15) is 14.4 Å². The minimum Gasteiger partial charge on any atom is -0.462 e. The van der Waals surface area contributed by atoms with Gasteiger partial charge in [-0.2, -0.15) is 0 Å². The quantitative estimate of drug-likeness (QED) is 0.610. The molecule has 0 unspecified atom stereocenters. The van der Waals surface area contributed by atoms with Crippen LogP contribution in [0.15, 0.2) is 58.7 Å². The molecule has 0 spiro atoms. The molecule has 0 aromatic heterocycles. The van der Waals surface area contributed by atoms with Gasteiger partial charge in [0.25, 0.3) is 0 Å². The Labute approximate surface area is 154 Å². The number of aryl methyl sites for hydroxylation is 1. The molecule has 0 amide bonds. The molecule has 26 heavy (non-hydrogen) atoms. The molecule has 0 saturated heterocycles. The van der Waals surface area contributed by atoms with E-state index >= 15 is 0 Å². The topological polar surface area (TPSA) is 60.4 Å². The van der Waals surface area contributed by atoms with Crippen LogP contribution in [-0.4, -0.2) is 24.1 Å². The van der Waals surface area contributed by atoms with Gasteiger partial charge in [-0.3, -0.25) is 9.59 Å². The molecular weight excluding hydrogens is 328 g/mol. The molecule has 0 N–H and O–H groups in total. The second kappa shape index (κ2) is 8.56. The van der Waals surface area contributed by atoms with E-state index < -0.39 is 11.8 Å². The van der Waals surface area contributed by atoms with Crippen molar-refractivity contribution >= 4 is 17.5 Å². The average molecular weight is 352 g/mol. The fourth-order valence-corrected chi connectivity index (χ4v) is 3.02. The van der Waals surface area contributed by atoms with Crippen molar-refractivity contribution in [2.45, 2.75) is 40.5 Å². The van der Waals surface area contributed by atoms with Crippen LogP contribution in [0.1, 0.15) is 38.3 Å². The number of rotatable bonds is 4. The van der Waals surface area contributed by atoms with Crippen LogP contribution in [-0.2, 0) is 25.5 Å². The molecular formula is C22H24O4. The van der Waals surface area contributed by atoms with Crippen molar-refractivity contribution in [2.24, 2.45) is 0 Å². The van der Waals surface area contributed by atoms with Crippen molar-refractivity contribution in [3.8, 4) is 0 Å². The molecule has 4 nitrogen and oxygen atoms in total. The molecule has 1 aromatic rings. The van der Waals surface area contributed by atoms with Gasteiger partial charge in [-0.15, -0.1) is 0 Å². The summed E-state index contributed by atoms with van der Waals surface area (Å²) >= 11 is 0. The lowest BCUT2D eigenvalue weighted by Gasteiger charge is -2.09. The van der Waals surface area contributed by atoms with Crippen molar-refractivity contribution < 1.29 is 19.1 Å². The number of hydrogen-bond acceptors (Lipinski definition) is 4. The summed E-state index contributed by atoms with van der Waals surface area (Å²) in [5.41, 5.74) is 3.84. The number of ketones is 2. The zero-order chi connectivity index (χ0) is 19.3. The lowest BCUT2D eigenvalue weighted by atomic mass is 9.95. The first-order valence-electron chi connectivity index (χ1n) is 8.71. The molecule has 0 bridgehead atoms. The predicted octanol–water partition coefficient (Wildman–Crippen LogP) is 3.83. The highest BCUT2D eigenvalue weighted by atomic mass is 16.5. The summed E-state index contributed by atoms with van der Waals surface area (Å²) < 4.78 is 5.04. The SMILES string of the molecule is CCOC(=O)C1=C(C)C/C(C)=C/C(=O)/C(Cc2ccccc2C)=C\C1=O. The number of carbonyl (C=O) groups excluding carboxylic acids is 3. The largest absolute Gasteiger partial charge is 0.462 e. The van der Waals surface area contributed by atoms with E-state index in [0.717, 1.165) is 16.7 Å². The first-order valence-corrected chi connectivity index (χ1v) is 8.71. The van der Waals surface area contributed by atoms with E-state index in [4.69, 9.17) is 4.74 Å². The molecule has 136 valence electrons. The summed E-state index contributed by atoms with van der Waals surface area (Å²) in [7, 11) is 0. The standard InChI is InChI=1S/C22H24O4/c1-5-26-22(25)21-16(4)10-14(2)11-19(23)18(13-20(21)24)12-17-9-7-6-8-15(17)3/h6-9,11,13H,5,10,12H2,1-4H3/b14-11+,18-13-,21-16?. The van der Waals surface area contributed by atoms with E-state index in [0.29, 0.717) is 24.0 Å². The van der Waals surface area contributed by atoms with Crippen molar-refractivity contribution in [3.63, 3.8) is 0 Å². The monoisotopic (exact) mass is 352 g/mol. The zero-order valence-corrected chi connectivity index (χ0v) is 15.7. The third-order valence-corrected chi connectivity index (χ3v) is 4.34. The number of ether oxygens (including phenoxy) is 1. The Bertz CT molecular complexity index is 837. The van der Waals surface area contributed by atoms with Gasteiger partial charge in [-0.25, -0.2) is 4.79 Å². The smallest absolute Gasteiger partial charge is 0.342 e. The lowest BCUT2D eigenvalue weighted by Crippen LogP contribution is -2.17. The Morgan fingerprint density at radius 1 is 1.04 bits per heavy atom. The molecule has 1 aromatic carbocycles. The van der Waals surface area contributed by atoms with Crippen LogP contribution in [0.4, 0.5) is 0 Å². The summed E-state index contributed by atoms with van der Waals surface area (Å²) in [5, 5.41) is 0. The fourth-order valence-electron chi connectivity index (χ4n) is 3.02. The highest BCUT2D eigenvalue weighted by Crippen LogP contribution is 2.22. The van der Waals surface area contributed by atoms with Crippen molar-refractivity contribution in [3.05, 3.63) is 69.8 Å². The van der Waals surface area contributed by atoms with Crippen LogP contribution >= 0.6 is 0 Å². The maximum absolute atomic E-state index is 12.8. The Balaban J connectivity index is 2.50. The number of benzene rings is 1. The summed E-state index contributed by atoms with van der Waals surface area (Å²) in [6, 6.07) is 7.73. The van der Waals surface area contributed by atoms with E-state index in [2.05, 4.69) is 0 Å². The lowest BCUT2D eigenvalue weighted by molar-refractivity contribution is -0.139. The zero-order valence-electron chi connectivity index (χ0n) is 15.7. The van der Waals surface area contributed by atoms with E-state index in [1.807, 2.05) is 38.1 Å². The molecule has 4 heteroatoms. The van der Waals surface area contributed by atoms with Gasteiger partial charge in [0.15, 0.2) is 11.6 Å². The van der Waals surface area contributed by atoms with Gasteiger partial charge in [-0.05, 0) is 57.4 Å². The fraction of sp³-hybridized carbons (Fsp3) is 0.318. The maximum Gasteiger partial charge on any atom is 0.342 e. The highest BCUT2D eigenvalue weighted by molar-refractivity contribution is 6.24. The predicted molar refractivity (Wildman–Crippen MR) is 101 cm³/mol. The number of allylic oxidation sites excluding steroid dienone is 5. The molecule has 0 fully saturated rings. The first kappa shape index (κ1) is 19.6. The van der Waals surface area contributed by atoms with Gasteiger partial charge >= 0.3 is 5.97 Å². The molecule has 0 saturated carbocycles. The molecule has 0 heterocycles. The second-order valence-electron chi connectivity index (χ2n) is 6.54. The van der Waals surface area contributed by atoms with E-state index in [1.54, 1.807) is 19.9 Å². The maximum atomic E-state index is 12.8. The minimum absolute atomic E-state index is 0.0246. The third-order valence-electron chi connectivity index (χ3n) is 4.34. The van der Waals surface area contributed by atoms with Crippen molar-refractivity contribution in [2.75, 3.05) is 6.61 Å². The molecule has 0 radical (unpaired) electrons. The Morgan fingerprint density at radius 3 is 2.38 bits per heavy atom. The minimum atomic E-state index is -0.636. The van der Waals surface area contributed by atoms with Gasteiger partial charge in [-0.1, -0.05) is 35.4 Å². The molecule has 1 aliphatic carbocycles. The van der Waals surface area contributed by atoms with Crippen molar-refractivity contribution in [1.29, 1.82) is 0 Å². The van der Waals surface area contributed by atoms with Crippen molar-refractivity contribution in [1.82, 2.24) is 0 Å². The highest BCUT2D eigenvalue weighted by Gasteiger charge is 2.24. The van der Waals surface area contributed by atoms with E-state index in [-0.39, 0.29) is 18.0 Å². The normalized spacial score (nSPS) is 19.7. The van der Waals surface area contributed by atoms with E-state index in [1.165, 1.54) is 6.08 Å². The summed E-state index contributed by atoms with van der Waals surface area (Å²) in [4.78, 5) is 37.7. The van der Waals surface area contributed by atoms with Crippen LogP contribution < -0.4 is 0 Å². The van der Waals surface area contributed by atoms with Gasteiger partial charge < -0.3 is 4.74 Å². The number of hydrogen-bond donors (Lipinski definition) is 0. The summed E-state index contributed by atoms with van der Waals surface area (Å²) in [6.07, 6.45) is 3.57. The average Bonchev–Trinajstić information content (AvgIpc) is 2.59. The first-order chi connectivity index (χ1) is 12.3. The Kier molecular flexibility index (Phi) is 6.45. The molecule has 1 aliphatic rings. The third kappa shape index (κ3) is 4.66. The van der Waals surface area contributed by atoms with Gasteiger partial charge in [0.05, 0.1) is 6.61 Å². The summed E-state index contributed by atoms with van der Waals surface area (Å²) in [6.45, 7) is 7.40. The second-order valence-corrected chi connectivity index (χ2v) is 6.54. The Hall–Kier alpha value is -2.75. The van der Waals surface area contributed by atoms with Crippen LogP contribution in [0.3, 0.4) is 0 Å². The van der Waals surface area contributed by atoms with Gasteiger partial charge in [0, 0.05) is 12.0 Å². The van der Waals surface area contributed by atoms with Crippen LogP contribution in [0.25, 0.3) is 0 Å². The number of esters is 1. The molecule has 2 rings (SSSR count). The Morgan fingerprint density at radius 2 is 1.73 bits per heavy atom. The van der Waals surface area contributed by atoms with Gasteiger partial charge in [0.1, 0.15) is 5.57 Å². The van der Waals surface area contributed by atoms with Gasteiger partial charge in [0.2, 0.25) is 0 Å². The molecule has 0 atom stereocenters. The van der Waals surface area contributed by atoms with Crippen LogP contribution in [0.2, 0.25) is 0 Å². The molecule has 0 aliphatic heterocycles. The van der Waals surface area contributed by atoms with Crippen LogP contribution in [0, 0.1) is 6.92 Å². The number of carbonyl (C=O) groups is 3.